The van der Waals surface area contributed by atoms with Crippen molar-refractivity contribution in [3.05, 3.63) is 76.0 Å². The number of aliphatic hydroxyl groups excluding tert-OH is 1. The van der Waals surface area contributed by atoms with Crippen molar-refractivity contribution in [3.8, 4) is 0 Å². The number of benzene rings is 1. The van der Waals surface area contributed by atoms with E-state index in [1.807, 2.05) is 0 Å². The number of nitrogens with zero attached hydrogens (tertiary/aromatic N) is 2. The minimum atomic E-state index is -4.79. The lowest BCUT2D eigenvalue weighted by Gasteiger charge is -2.28. The third-order valence-electron chi connectivity index (χ3n) is 5.13. The van der Waals surface area contributed by atoms with Gasteiger partial charge in [0.25, 0.3) is 10.0 Å². The van der Waals surface area contributed by atoms with Crippen LogP contribution in [0.15, 0.2) is 64.7 Å². The lowest BCUT2D eigenvalue weighted by Crippen LogP contribution is -2.34. The summed E-state index contributed by atoms with van der Waals surface area (Å²) < 4.78 is 92.0. The van der Waals surface area contributed by atoms with Crippen molar-refractivity contribution in [3.63, 3.8) is 0 Å². The van der Waals surface area contributed by atoms with Gasteiger partial charge in [0, 0.05) is 19.7 Å². The third kappa shape index (κ3) is 5.61. The second kappa shape index (κ2) is 10.5. The number of hydrogen-bond donors (Lipinski definition) is 1. The molecule has 0 radical (unpaired) electrons. The highest BCUT2D eigenvalue weighted by Gasteiger charge is 2.36. The molecule has 3 rings (SSSR count). The molecule has 0 fully saturated rings. The van der Waals surface area contributed by atoms with Gasteiger partial charge in [-0.05, 0) is 36.8 Å². The Morgan fingerprint density at radius 1 is 1.26 bits per heavy atom. The molecule has 1 N–H and O–H groups in total. The molecule has 0 amide bonds. The van der Waals surface area contributed by atoms with Crippen molar-refractivity contribution < 1.29 is 40.6 Å². The number of halogens is 5. The van der Waals surface area contributed by atoms with Gasteiger partial charge in [-0.1, -0.05) is 17.7 Å². The molecule has 13 heteroatoms. The Morgan fingerprint density at radius 3 is 2.60 bits per heavy atom. The number of rotatable bonds is 8. The van der Waals surface area contributed by atoms with E-state index < -0.39 is 45.3 Å². The van der Waals surface area contributed by atoms with Gasteiger partial charge >= 0.3 is 6.18 Å². The predicted molar refractivity (Wildman–Crippen MR) is 120 cm³/mol. The molecule has 1 aromatic carbocycles. The molecule has 1 aliphatic rings. The van der Waals surface area contributed by atoms with E-state index in [2.05, 4.69) is 4.98 Å². The zero-order valence-electron chi connectivity index (χ0n) is 18.5. The highest BCUT2D eigenvalue weighted by molar-refractivity contribution is 7.92. The number of sulfonamides is 1. The molecule has 0 saturated carbocycles. The van der Waals surface area contributed by atoms with Crippen LogP contribution in [0.1, 0.15) is 30.2 Å². The Labute approximate surface area is 204 Å². The Balaban J connectivity index is 2.18. The summed E-state index contributed by atoms with van der Waals surface area (Å²) >= 11 is 6.04. The number of aromatic nitrogens is 1. The van der Waals surface area contributed by atoms with Crippen LogP contribution >= 0.6 is 11.6 Å². The Morgan fingerprint density at radius 2 is 1.97 bits per heavy atom. The fourth-order valence-corrected chi connectivity index (χ4v) is 5.10. The van der Waals surface area contributed by atoms with Crippen LogP contribution in [0, 0.1) is 0 Å². The summed E-state index contributed by atoms with van der Waals surface area (Å²) in [6.07, 6.45) is -3.60. The first-order chi connectivity index (χ1) is 16.4. The van der Waals surface area contributed by atoms with Crippen LogP contribution in [0.3, 0.4) is 0 Å². The van der Waals surface area contributed by atoms with Crippen molar-refractivity contribution >= 4 is 27.3 Å². The summed E-state index contributed by atoms with van der Waals surface area (Å²) in [7, 11) is -2.25. The van der Waals surface area contributed by atoms with E-state index in [4.69, 9.17) is 21.1 Å². The van der Waals surface area contributed by atoms with Gasteiger partial charge in [-0.25, -0.2) is 17.1 Å². The number of hydrogen-bond acceptors (Lipinski definition) is 6. The van der Waals surface area contributed by atoms with Crippen molar-refractivity contribution in [2.24, 2.45) is 0 Å². The molecule has 1 atom stereocenters. The summed E-state index contributed by atoms with van der Waals surface area (Å²) in [5.41, 5.74) is -2.06. The maximum Gasteiger partial charge on any atom is 0.416 e. The molecule has 0 aliphatic heterocycles. The van der Waals surface area contributed by atoms with E-state index >= 15 is 0 Å². The minimum absolute atomic E-state index is 0.0213. The van der Waals surface area contributed by atoms with Gasteiger partial charge in [0.2, 0.25) is 0 Å². The molecule has 0 spiro atoms. The number of allylic oxidation sites excluding steroid dienone is 2. The van der Waals surface area contributed by atoms with E-state index in [1.54, 1.807) is 6.08 Å². The van der Waals surface area contributed by atoms with Crippen LogP contribution < -0.4 is 4.31 Å². The van der Waals surface area contributed by atoms with Gasteiger partial charge in [0.05, 0.1) is 39.5 Å². The third-order valence-corrected chi connectivity index (χ3v) is 7.07. The molecule has 35 heavy (non-hydrogen) atoms. The quantitative estimate of drug-likeness (QED) is 0.371. The Bertz CT molecular complexity index is 1260. The number of pyridine rings is 1. The first-order valence-corrected chi connectivity index (χ1v) is 11.9. The van der Waals surface area contributed by atoms with Crippen molar-refractivity contribution in [1.29, 1.82) is 0 Å². The van der Waals surface area contributed by atoms with Gasteiger partial charge in [-0.15, -0.1) is 0 Å². The van der Waals surface area contributed by atoms with Crippen molar-refractivity contribution in [2.45, 2.75) is 30.0 Å². The van der Waals surface area contributed by atoms with E-state index in [1.165, 1.54) is 7.11 Å². The summed E-state index contributed by atoms with van der Waals surface area (Å²) in [5, 5.41) is 11.0. The number of aliphatic hydroxyl groups is 1. The molecule has 1 unspecified atom stereocenters. The molecule has 2 aromatic rings. The standard InChI is InChI=1S/C22H21ClF4N2O5S/c1-33-12-29(35(31,32)15-6-3-5-13(9-15)22(25,26)27)17-10-14(23)11-28-20(17)21(30)19-16(24)7-4-8-18(19)34-2/h3,5-6,8-11,21,30H,4,7,12H2,1-2H3. The van der Waals surface area contributed by atoms with E-state index in [0.717, 1.165) is 37.6 Å². The number of anilines is 1. The first-order valence-electron chi connectivity index (χ1n) is 10.1. The number of alkyl halides is 3. The van der Waals surface area contributed by atoms with Crippen LogP contribution in [0.4, 0.5) is 23.2 Å². The Hall–Kier alpha value is -2.67. The first kappa shape index (κ1) is 26.9. The van der Waals surface area contributed by atoms with E-state index in [0.29, 0.717) is 16.8 Å². The van der Waals surface area contributed by atoms with Gasteiger partial charge in [-0.3, -0.25) is 4.98 Å². The fraction of sp³-hybridized carbons (Fsp3) is 0.318. The smallest absolute Gasteiger partial charge is 0.416 e. The highest BCUT2D eigenvalue weighted by atomic mass is 35.5. The molecular formula is C22H21ClF4N2O5S. The second-order valence-corrected chi connectivity index (χ2v) is 9.69. The van der Waals surface area contributed by atoms with Gasteiger partial charge in [0.1, 0.15) is 24.4 Å². The summed E-state index contributed by atoms with van der Waals surface area (Å²) in [6.45, 7) is -0.672. The maximum absolute atomic E-state index is 14.7. The van der Waals surface area contributed by atoms with Gasteiger partial charge in [0.15, 0.2) is 0 Å². The second-order valence-electron chi connectivity index (χ2n) is 7.39. The topological polar surface area (TPSA) is 89.0 Å². The maximum atomic E-state index is 14.7. The molecule has 1 aromatic heterocycles. The average molecular weight is 537 g/mol. The Kier molecular flexibility index (Phi) is 8.10. The van der Waals surface area contributed by atoms with E-state index in [9.17, 15) is 31.1 Å². The van der Waals surface area contributed by atoms with Crippen molar-refractivity contribution in [1.82, 2.24) is 4.98 Å². The van der Waals surface area contributed by atoms with Crippen LogP contribution in [0.5, 0.6) is 0 Å². The molecule has 0 saturated heterocycles. The monoisotopic (exact) mass is 536 g/mol. The van der Waals surface area contributed by atoms with Gasteiger partial charge < -0.3 is 14.6 Å². The number of ether oxygens (including phenoxy) is 2. The molecule has 0 bridgehead atoms. The molecule has 7 nitrogen and oxygen atoms in total. The summed E-state index contributed by atoms with van der Waals surface area (Å²) in [6, 6.07) is 4.27. The van der Waals surface area contributed by atoms with Crippen LogP contribution in [0.2, 0.25) is 5.02 Å². The summed E-state index contributed by atoms with van der Waals surface area (Å²) in [4.78, 5) is 3.33. The fourth-order valence-electron chi connectivity index (χ4n) is 3.52. The zero-order chi connectivity index (χ0) is 26.0. The lowest BCUT2D eigenvalue weighted by molar-refractivity contribution is -0.137. The highest BCUT2D eigenvalue weighted by Crippen LogP contribution is 2.40. The number of methoxy groups -OCH3 is 2. The van der Waals surface area contributed by atoms with Crippen LogP contribution in [0.25, 0.3) is 0 Å². The average Bonchev–Trinajstić information content (AvgIpc) is 2.81. The van der Waals surface area contributed by atoms with E-state index in [-0.39, 0.29) is 34.2 Å². The van der Waals surface area contributed by atoms with Crippen LogP contribution in [-0.2, 0) is 25.7 Å². The lowest BCUT2D eigenvalue weighted by atomic mass is 9.96. The van der Waals surface area contributed by atoms with Crippen molar-refractivity contribution in [2.75, 3.05) is 25.3 Å². The molecule has 1 aliphatic carbocycles. The zero-order valence-corrected chi connectivity index (χ0v) is 20.1. The summed E-state index contributed by atoms with van der Waals surface area (Å²) in [5.74, 6) is -0.637. The largest absolute Gasteiger partial charge is 0.497 e. The van der Waals surface area contributed by atoms with Gasteiger partial charge in [-0.2, -0.15) is 13.2 Å². The molecule has 1 heterocycles. The molecule has 190 valence electrons. The minimum Gasteiger partial charge on any atom is -0.497 e. The predicted octanol–water partition coefficient (Wildman–Crippen LogP) is 5.13. The van der Waals surface area contributed by atoms with Crippen LogP contribution in [-0.4, -0.2) is 39.5 Å². The molecular weight excluding hydrogens is 516 g/mol. The SMILES string of the molecule is COCN(c1cc(Cl)cnc1C(O)C1=C(F)CCC=C1OC)S(=O)(=O)c1cccc(C(F)(F)F)c1. The normalized spacial score (nSPS) is 15.6.